The van der Waals surface area contributed by atoms with Crippen molar-refractivity contribution in [1.29, 1.82) is 0 Å². The number of hydrogen-bond acceptors (Lipinski definition) is 2. The number of rotatable bonds is 6. The van der Waals surface area contributed by atoms with Crippen LogP contribution in [0.3, 0.4) is 0 Å². The highest BCUT2D eigenvalue weighted by Gasteiger charge is 2.32. The van der Waals surface area contributed by atoms with Gasteiger partial charge in [0.2, 0.25) is 5.91 Å². The van der Waals surface area contributed by atoms with Crippen LogP contribution in [0.2, 0.25) is 0 Å². The lowest BCUT2D eigenvalue weighted by molar-refractivity contribution is -0.117. The number of guanidine groups is 1. The summed E-state index contributed by atoms with van der Waals surface area (Å²) in [4.78, 5) is 15.7. The Balaban J connectivity index is 2.38. The van der Waals surface area contributed by atoms with Gasteiger partial charge in [0.1, 0.15) is 0 Å². The molecule has 1 rings (SSSR count). The van der Waals surface area contributed by atoms with Crippen LogP contribution in [0.15, 0.2) is 17.1 Å². The highest BCUT2D eigenvalue weighted by atomic mass is 16.1. The summed E-state index contributed by atoms with van der Waals surface area (Å²) in [5.74, 6) is 0.0835. The lowest BCUT2D eigenvalue weighted by Gasteiger charge is -2.24. The Hall–Kier alpha value is -1.52. The van der Waals surface area contributed by atoms with E-state index in [1.54, 1.807) is 6.92 Å². The molecule has 0 atom stereocenters. The maximum atomic E-state index is 11.3. The molecule has 5 nitrogen and oxygen atoms in total. The van der Waals surface area contributed by atoms with Crippen molar-refractivity contribution in [2.24, 2.45) is 16.5 Å². The summed E-state index contributed by atoms with van der Waals surface area (Å²) in [5, 5.41) is 2.83. The van der Waals surface area contributed by atoms with Crippen molar-refractivity contribution >= 4 is 11.9 Å². The molecule has 0 aliphatic heterocycles. The van der Waals surface area contributed by atoms with Gasteiger partial charge in [-0.1, -0.05) is 19.4 Å². The number of amides is 1. The first kappa shape index (κ1) is 14.5. The number of hydrogen-bond donors (Lipinski definition) is 3. The molecule has 0 aromatic carbocycles. The molecule has 1 fully saturated rings. The third kappa shape index (κ3) is 4.39. The molecule has 0 spiro atoms. The summed E-state index contributed by atoms with van der Waals surface area (Å²) in [7, 11) is 0. The van der Waals surface area contributed by atoms with E-state index in [1.165, 1.54) is 12.8 Å². The Bertz CT molecular complexity index is 339. The zero-order chi connectivity index (χ0) is 13.6. The average Bonchev–Trinajstić information content (AvgIpc) is 2.72. The SMILES string of the molecule is C=C(C)C(=O)NCCCC1(N=C(N)N)CCCC1. The smallest absolute Gasteiger partial charge is 0.246 e. The fourth-order valence-electron chi connectivity index (χ4n) is 2.49. The van der Waals surface area contributed by atoms with Gasteiger partial charge in [0.15, 0.2) is 5.96 Å². The Morgan fingerprint density at radius 1 is 1.39 bits per heavy atom. The predicted molar refractivity (Wildman–Crippen MR) is 74.1 cm³/mol. The molecule has 0 bridgehead atoms. The Labute approximate surface area is 109 Å². The summed E-state index contributed by atoms with van der Waals surface area (Å²) in [5.41, 5.74) is 11.4. The van der Waals surface area contributed by atoms with Gasteiger partial charge in [0, 0.05) is 12.1 Å². The van der Waals surface area contributed by atoms with Gasteiger partial charge in [-0.15, -0.1) is 0 Å². The number of carbonyl (C=O) groups is 1. The molecule has 0 saturated heterocycles. The van der Waals surface area contributed by atoms with Crippen molar-refractivity contribution in [3.63, 3.8) is 0 Å². The molecule has 0 unspecified atom stereocenters. The van der Waals surface area contributed by atoms with E-state index in [1.807, 2.05) is 0 Å². The van der Waals surface area contributed by atoms with Crippen molar-refractivity contribution in [2.45, 2.75) is 51.0 Å². The van der Waals surface area contributed by atoms with Crippen molar-refractivity contribution in [2.75, 3.05) is 6.54 Å². The van der Waals surface area contributed by atoms with E-state index >= 15 is 0 Å². The first-order chi connectivity index (χ1) is 8.45. The fourth-order valence-corrected chi connectivity index (χ4v) is 2.49. The second-order valence-corrected chi connectivity index (χ2v) is 5.11. The maximum absolute atomic E-state index is 11.3. The molecule has 1 saturated carbocycles. The zero-order valence-corrected chi connectivity index (χ0v) is 11.2. The number of nitrogens with zero attached hydrogens (tertiary/aromatic N) is 1. The van der Waals surface area contributed by atoms with Crippen molar-refractivity contribution in [3.05, 3.63) is 12.2 Å². The molecular formula is C13H24N4O. The van der Waals surface area contributed by atoms with Crippen LogP contribution in [0, 0.1) is 0 Å². The zero-order valence-electron chi connectivity index (χ0n) is 11.2. The summed E-state index contributed by atoms with van der Waals surface area (Å²) < 4.78 is 0. The van der Waals surface area contributed by atoms with Crippen LogP contribution in [-0.2, 0) is 4.79 Å². The van der Waals surface area contributed by atoms with Crippen LogP contribution in [0.25, 0.3) is 0 Å². The number of carbonyl (C=O) groups excluding carboxylic acids is 1. The van der Waals surface area contributed by atoms with Gasteiger partial charge in [-0.2, -0.15) is 0 Å². The van der Waals surface area contributed by atoms with Crippen LogP contribution in [0.4, 0.5) is 0 Å². The van der Waals surface area contributed by atoms with Gasteiger partial charge in [0.25, 0.3) is 0 Å². The standard InChI is InChI=1S/C13H24N4O/c1-10(2)11(18)16-9-5-8-13(17-12(14)15)6-3-4-7-13/h1,3-9H2,2H3,(H,16,18)(H4,14,15,17). The van der Waals surface area contributed by atoms with Gasteiger partial charge >= 0.3 is 0 Å². The first-order valence-electron chi connectivity index (χ1n) is 6.50. The molecule has 102 valence electrons. The lowest BCUT2D eigenvalue weighted by atomic mass is 9.92. The highest BCUT2D eigenvalue weighted by Crippen LogP contribution is 2.36. The van der Waals surface area contributed by atoms with E-state index in [0.29, 0.717) is 12.1 Å². The van der Waals surface area contributed by atoms with Gasteiger partial charge in [-0.25, -0.2) is 4.99 Å². The van der Waals surface area contributed by atoms with E-state index in [0.717, 1.165) is 25.7 Å². The number of nitrogens with two attached hydrogens (primary N) is 2. The molecule has 18 heavy (non-hydrogen) atoms. The molecule has 1 aliphatic rings. The van der Waals surface area contributed by atoms with Crippen LogP contribution in [0.1, 0.15) is 45.4 Å². The van der Waals surface area contributed by atoms with Crippen molar-refractivity contribution in [1.82, 2.24) is 5.32 Å². The number of nitrogens with one attached hydrogen (secondary N) is 1. The quantitative estimate of drug-likeness (QED) is 0.285. The molecular weight excluding hydrogens is 228 g/mol. The molecule has 1 amide bonds. The van der Waals surface area contributed by atoms with Gasteiger partial charge in [-0.3, -0.25) is 4.79 Å². The average molecular weight is 252 g/mol. The van der Waals surface area contributed by atoms with Crippen LogP contribution in [-0.4, -0.2) is 24.0 Å². The third-order valence-corrected chi connectivity index (χ3v) is 3.39. The van der Waals surface area contributed by atoms with Crippen LogP contribution in [0.5, 0.6) is 0 Å². The topological polar surface area (TPSA) is 93.5 Å². The fraction of sp³-hybridized carbons (Fsp3) is 0.692. The largest absolute Gasteiger partial charge is 0.370 e. The number of aliphatic imine (C=N–C) groups is 1. The summed E-state index contributed by atoms with van der Waals surface area (Å²) >= 11 is 0. The molecule has 0 heterocycles. The summed E-state index contributed by atoms with van der Waals surface area (Å²) in [6.07, 6.45) is 6.24. The van der Waals surface area contributed by atoms with E-state index in [-0.39, 0.29) is 17.4 Å². The first-order valence-corrected chi connectivity index (χ1v) is 6.50. The summed E-state index contributed by atoms with van der Waals surface area (Å²) in [6, 6.07) is 0. The van der Waals surface area contributed by atoms with E-state index in [4.69, 9.17) is 11.5 Å². The molecule has 0 aromatic rings. The normalized spacial score (nSPS) is 17.2. The van der Waals surface area contributed by atoms with E-state index in [2.05, 4.69) is 16.9 Å². The van der Waals surface area contributed by atoms with E-state index < -0.39 is 0 Å². The van der Waals surface area contributed by atoms with Crippen molar-refractivity contribution < 1.29 is 4.79 Å². The van der Waals surface area contributed by atoms with E-state index in [9.17, 15) is 4.79 Å². The molecule has 5 heteroatoms. The second kappa shape index (κ2) is 6.42. The minimum absolute atomic E-state index is 0.0858. The maximum Gasteiger partial charge on any atom is 0.246 e. The Morgan fingerprint density at radius 2 is 2.00 bits per heavy atom. The van der Waals surface area contributed by atoms with Crippen molar-refractivity contribution in [3.8, 4) is 0 Å². The second-order valence-electron chi connectivity index (χ2n) is 5.11. The third-order valence-electron chi connectivity index (χ3n) is 3.39. The lowest BCUT2D eigenvalue weighted by Crippen LogP contribution is -2.33. The molecule has 5 N–H and O–H groups in total. The van der Waals surface area contributed by atoms with Gasteiger partial charge in [-0.05, 0) is 32.6 Å². The van der Waals surface area contributed by atoms with Gasteiger partial charge < -0.3 is 16.8 Å². The monoisotopic (exact) mass is 252 g/mol. The Kier molecular flexibility index (Phi) is 5.19. The molecule has 1 aliphatic carbocycles. The predicted octanol–water partition coefficient (Wildman–Crippen LogP) is 1.05. The molecule has 0 aromatic heterocycles. The Morgan fingerprint density at radius 3 is 2.50 bits per heavy atom. The minimum Gasteiger partial charge on any atom is -0.370 e. The highest BCUT2D eigenvalue weighted by molar-refractivity contribution is 5.91. The van der Waals surface area contributed by atoms with Gasteiger partial charge in [0.05, 0.1) is 5.54 Å². The minimum atomic E-state index is -0.0905. The van der Waals surface area contributed by atoms with Crippen LogP contribution < -0.4 is 16.8 Å². The summed E-state index contributed by atoms with van der Waals surface area (Å²) in [6.45, 7) is 5.95. The van der Waals surface area contributed by atoms with Crippen LogP contribution >= 0.6 is 0 Å². The molecule has 0 radical (unpaired) electrons.